The summed E-state index contributed by atoms with van der Waals surface area (Å²) in [6, 6.07) is 32.7. The van der Waals surface area contributed by atoms with Gasteiger partial charge >= 0.3 is 12.2 Å². The lowest BCUT2D eigenvalue weighted by molar-refractivity contribution is -0.133. The predicted molar refractivity (Wildman–Crippen MR) is 192 cm³/mol. The number of hydrogen-bond donors (Lipinski definition) is 0. The van der Waals surface area contributed by atoms with Gasteiger partial charge in [0.2, 0.25) is 11.8 Å². The van der Waals surface area contributed by atoms with Gasteiger partial charge in [0.1, 0.15) is 19.0 Å². The van der Waals surface area contributed by atoms with E-state index >= 15 is 0 Å². The van der Waals surface area contributed by atoms with Crippen molar-refractivity contribution in [3.8, 4) is 5.75 Å². The van der Waals surface area contributed by atoms with Crippen LogP contribution in [-0.2, 0) is 44.7 Å². The van der Waals surface area contributed by atoms with Crippen LogP contribution >= 0.6 is 11.6 Å². The Hall–Kier alpha value is -5.41. The Morgan fingerprint density at radius 1 is 0.686 bits per heavy atom. The van der Waals surface area contributed by atoms with E-state index < -0.39 is 47.9 Å². The first-order chi connectivity index (χ1) is 24.8. The van der Waals surface area contributed by atoms with Crippen LogP contribution in [0, 0.1) is 11.8 Å². The lowest BCUT2D eigenvalue weighted by Crippen LogP contribution is -2.44. The Morgan fingerprint density at radius 3 is 1.63 bits per heavy atom. The van der Waals surface area contributed by atoms with Crippen LogP contribution in [0.15, 0.2) is 121 Å². The van der Waals surface area contributed by atoms with Crippen molar-refractivity contribution in [1.82, 2.24) is 9.80 Å². The number of halogens is 1. The van der Waals surface area contributed by atoms with Gasteiger partial charge in [-0.3, -0.25) is 9.59 Å². The fourth-order valence-electron chi connectivity index (χ4n) is 6.57. The van der Waals surface area contributed by atoms with Crippen LogP contribution in [0.3, 0.4) is 0 Å². The molecule has 0 aliphatic carbocycles. The molecule has 6 rings (SSSR count). The Labute approximate surface area is 302 Å². The van der Waals surface area contributed by atoms with Gasteiger partial charge in [-0.05, 0) is 72.2 Å². The molecule has 262 valence electrons. The van der Waals surface area contributed by atoms with Gasteiger partial charge < -0.3 is 14.2 Å². The molecule has 10 heteroatoms. The monoisotopic (exact) mass is 706 g/mol. The highest BCUT2D eigenvalue weighted by atomic mass is 35.5. The molecule has 0 saturated carbocycles. The summed E-state index contributed by atoms with van der Waals surface area (Å²) in [5, 5.41) is 0.509. The van der Waals surface area contributed by atoms with Crippen LogP contribution in [0.25, 0.3) is 0 Å². The minimum Gasteiger partial charge on any atom is -0.497 e. The summed E-state index contributed by atoms with van der Waals surface area (Å²) in [4.78, 5) is 57.3. The van der Waals surface area contributed by atoms with E-state index in [4.69, 9.17) is 25.8 Å². The van der Waals surface area contributed by atoms with Crippen molar-refractivity contribution in [2.24, 2.45) is 11.8 Å². The van der Waals surface area contributed by atoms with Crippen LogP contribution in [-0.4, -0.2) is 66.2 Å². The quantitative estimate of drug-likeness (QED) is 0.137. The number of benzene rings is 4. The fraction of sp³-hybridized carbons (Fsp3) is 0.268. The number of imide groups is 2. The topological polar surface area (TPSA) is 102 Å². The zero-order valence-electron chi connectivity index (χ0n) is 28.2. The number of carbonyl (C=O) groups excluding carboxylic acids is 4. The van der Waals surface area contributed by atoms with E-state index in [0.717, 1.165) is 22.3 Å². The molecule has 0 radical (unpaired) electrons. The van der Waals surface area contributed by atoms with E-state index in [1.165, 1.54) is 9.80 Å². The SMILES string of the molecule is COc1ccc(C[C@@H](/C=C/[C@H](Cc2cccc(Cl)c2)C(=O)N2C(=O)OC[C@@H]2Cc2ccccc2)C(=O)N2C(=O)OC[C@@H]2Cc2ccccc2)cc1. The molecule has 0 aromatic heterocycles. The molecule has 0 unspecified atom stereocenters. The molecule has 9 nitrogen and oxygen atoms in total. The molecule has 4 aromatic carbocycles. The number of nitrogens with zero attached hydrogens (tertiary/aromatic N) is 2. The van der Waals surface area contributed by atoms with Gasteiger partial charge in [-0.2, -0.15) is 0 Å². The van der Waals surface area contributed by atoms with Crippen molar-refractivity contribution in [1.29, 1.82) is 0 Å². The van der Waals surface area contributed by atoms with E-state index in [2.05, 4.69) is 0 Å². The molecule has 2 aliphatic heterocycles. The summed E-state index contributed by atoms with van der Waals surface area (Å²) in [7, 11) is 1.58. The van der Waals surface area contributed by atoms with Crippen molar-refractivity contribution >= 4 is 35.6 Å². The van der Waals surface area contributed by atoms with Crippen LogP contribution in [0.1, 0.15) is 22.3 Å². The Kier molecular flexibility index (Phi) is 11.5. The van der Waals surface area contributed by atoms with E-state index in [1.807, 2.05) is 78.9 Å². The summed E-state index contributed by atoms with van der Waals surface area (Å²) in [5.74, 6) is -1.93. The zero-order valence-corrected chi connectivity index (χ0v) is 29.0. The molecule has 4 amide bonds. The summed E-state index contributed by atoms with van der Waals surface area (Å²) in [5.41, 5.74) is 3.54. The Morgan fingerprint density at radius 2 is 1.16 bits per heavy atom. The molecular formula is C41H39ClN2O7. The first-order valence-corrected chi connectivity index (χ1v) is 17.3. The maximum absolute atomic E-state index is 14.4. The molecule has 2 saturated heterocycles. The molecule has 2 aliphatic rings. The zero-order chi connectivity index (χ0) is 35.7. The molecule has 2 fully saturated rings. The minimum atomic E-state index is -0.857. The third-order valence-electron chi connectivity index (χ3n) is 9.19. The van der Waals surface area contributed by atoms with Gasteiger partial charge in [-0.15, -0.1) is 0 Å². The largest absolute Gasteiger partial charge is 0.497 e. The summed E-state index contributed by atoms with van der Waals surface area (Å²) >= 11 is 6.32. The standard InChI is InChI=1S/C41H39ClN2O7/c1-49-37-19-15-30(16-20-37)21-32(38(45)43-35(26-50-40(43)47)24-28-9-4-2-5-10-28)17-18-33(22-31-13-8-14-34(42)23-31)39(46)44-36(27-51-41(44)48)25-29-11-6-3-7-12-29/h2-20,23,32-33,35-36H,21-22,24-27H2,1H3/b18-17+/t32-,33-,35+,36+/m1/s1. The number of ether oxygens (including phenoxy) is 3. The highest BCUT2D eigenvalue weighted by molar-refractivity contribution is 6.30. The van der Waals surface area contributed by atoms with Crippen LogP contribution in [0.4, 0.5) is 9.59 Å². The maximum atomic E-state index is 14.4. The number of cyclic esters (lactones) is 2. The second-order valence-electron chi connectivity index (χ2n) is 12.7. The normalized spacial score (nSPS) is 18.4. The van der Waals surface area contributed by atoms with Crippen LogP contribution in [0.2, 0.25) is 5.02 Å². The third kappa shape index (κ3) is 8.85. The molecule has 4 atom stereocenters. The lowest BCUT2D eigenvalue weighted by atomic mass is 9.91. The Balaban J connectivity index is 1.32. The van der Waals surface area contributed by atoms with E-state index in [1.54, 1.807) is 49.6 Å². The van der Waals surface area contributed by atoms with Gasteiger partial charge in [0, 0.05) is 5.02 Å². The first-order valence-electron chi connectivity index (χ1n) is 16.9. The van der Waals surface area contributed by atoms with Gasteiger partial charge in [-0.1, -0.05) is 109 Å². The van der Waals surface area contributed by atoms with E-state index in [9.17, 15) is 19.2 Å². The van der Waals surface area contributed by atoms with Crippen LogP contribution < -0.4 is 4.74 Å². The fourth-order valence-corrected chi connectivity index (χ4v) is 6.78. The molecule has 51 heavy (non-hydrogen) atoms. The predicted octanol–water partition coefficient (Wildman–Crippen LogP) is 7.10. The van der Waals surface area contributed by atoms with Crippen LogP contribution in [0.5, 0.6) is 5.75 Å². The number of hydrogen-bond acceptors (Lipinski definition) is 7. The molecule has 0 N–H and O–H groups in total. The number of amides is 4. The maximum Gasteiger partial charge on any atom is 0.417 e. The first kappa shape index (κ1) is 35.4. The van der Waals surface area contributed by atoms with Gasteiger partial charge in [-0.25, -0.2) is 19.4 Å². The second-order valence-corrected chi connectivity index (χ2v) is 13.2. The summed E-state index contributed by atoms with van der Waals surface area (Å²) < 4.78 is 16.1. The Bertz CT molecular complexity index is 1870. The molecule has 4 aromatic rings. The number of carbonyl (C=O) groups is 4. The lowest BCUT2D eigenvalue weighted by Gasteiger charge is -2.25. The highest BCUT2D eigenvalue weighted by Gasteiger charge is 2.42. The summed E-state index contributed by atoms with van der Waals surface area (Å²) in [6.45, 7) is 0.152. The van der Waals surface area contributed by atoms with Crippen molar-refractivity contribution in [3.63, 3.8) is 0 Å². The van der Waals surface area contributed by atoms with Crippen molar-refractivity contribution in [2.45, 2.75) is 37.8 Å². The van der Waals surface area contributed by atoms with Crippen molar-refractivity contribution < 1.29 is 33.4 Å². The summed E-state index contributed by atoms with van der Waals surface area (Å²) in [6.07, 6.45) is 3.26. The van der Waals surface area contributed by atoms with Gasteiger partial charge in [0.05, 0.1) is 31.0 Å². The second kappa shape index (κ2) is 16.5. The smallest absolute Gasteiger partial charge is 0.417 e. The van der Waals surface area contributed by atoms with E-state index in [0.29, 0.717) is 23.6 Å². The minimum absolute atomic E-state index is 0.0749. The number of methoxy groups -OCH3 is 1. The average Bonchev–Trinajstić information content (AvgIpc) is 3.70. The molecule has 0 bridgehead atoms. The van der Waals surface area contributed by atoms with E-state index in [-0.39, 0.29) is 26.1 Å². The highest BCUT2D eigenvalue weighted by Crippen LogP contribution is 2.27. The third-order valence-corrected chi connectivity index (χ3v) is 9.43. The number of rotatable bonds is 13. The van der Waals surface area contributed by atoms with Crippen molar-refractivity contribution in [2.75, 3.05) is 20.3 Å². The van der Waals surface area contributed by atoms with Gasteiger partial charge in [0.25, 0.3) is 0 Å². The van der Waals surface area contributed by atoms with Crippen molar-refractivity contribution in [3.05, 3.63) is 149 Å². The average molecular weight is 707 g/mol. The molecular weight excluding hydrogens is 668 g/mol. The molecule has 0 spiro atoms. The molecule has 2 heterocycles. The van der Waals surface area contributed by atoms with Gasteiger partial charge in [0.15, 0.2) is 0 Å².